The first kappa shape index (κ1) is 16.7. The molecule has 6 heteroatoms. The lowest BCUT2D eigenvalue weighted by atomic mass is 9.95. The average Bonchev–Trinajstić information content (AvgIpc) is 3.21. The Morgan fingerprint density at radius 3 is 2.88 bits per heavy atom. The fourth-order valence-electron chi connectivity index (χ4n) is 3.58. The SMILES string of the molecule is CCC1CSC2=NC(c3ccccn3)C(c3ccc(OC)c(Cl)c3)N21. The van der Waals surface area contributed by atoms with Crippen LogP contribution in [0, 0.1) is 0 Å². The summed E-state index contributed by atoms with van der Waals surface area (Å²) in [5.74, 6) is 1.78. The van der Waals surface area contributed by atoms with Crippen molar-refractivity contribution in [3.05, 3.63) is 58.9 Å². The molecule has 130 valence electrons. The third-order valence-electron chi connectivity index (χ3n) is 4.85. The molecule has 2 aliphatic heterocycles. The Morgan fingerprint density at radius 2 is 2.20 bits per heavy atom. The largest absolute Gasteiger partial charge is 0.495 e. The van der Waals surface area contributed by atoms with E-state index in [1.807, 2.05) is 42.2 Å². The molecule has 0 saturated carbocycles. The second-order valence-corrected chi connectivity index (χ2v) is 7.62. The van der Waals surface area contributed by atoms with Gasteiger partial charge in [0.15, 0.2) is 5.17 Å². The van der Waals surface area contributed by atoms with Crippen molar-refractivity contribution >= 4 is 28.5 Å². The maximum absolute atomic E-state index is 6.41. The number of pyridine rings is 1. The van der Waals surface area contributed by atoms with Crippen LogP contribution < -0.4 is 4.74 Å². The van der Waals surface area contributed by atoms with Crippen molar-refractivity contribution in [2.24, 2.45) is 4.99 Å². The fraction of sp³-hybridized carbons (Fsp3) is 0.368. The summed E-state index contributed by atoms with van der Waals surface area (Å²) in [7, 11) is 1.64. The summed E-state index contributed by atoms with van der Waals surface area (Å²) < 4.78 is 5.31. The van der Waals surface area contributed by atoms with E-state index in [1.54, 1.807) is 7.11 Å². The minimum atomic E-state index is -0.0116. The van der Waals surface area contributed by atoms with Crippen LogP contribution in [0.1, 0.15) is 36.7 Å². The molecule has 1 saturated heterocycles. The Hall–Kier alpha value is -1.72. The third-order valence-corrected chi connectivity index (χ3v) is 6.27. The predicted molar refractivity (Wildman–Crippen MR) is 104 cm³/mol. The van der Waals surface area contributed by atoms with Crippen LogP contribution in [0.4, 0.5) is 0 Å². The van der Waals surface area contributed by atoms with Crippen LogP contribution in [-0.4, -0.2) is 34.0 Å². The third kappa shape index (κ3) is 2.89. The number of rotatable bonds is 4. The van der Waals surface area contributed by atoms with Crippen molar-refractivity contribution in [1.82, 2.24) is 9.88 Å². The number of hydrogen-bond donors (Lipinski definition) is 0. The Morgan fingerprint density at radius 1 is 1.32 bits per heavy atom. The number of halogens is 1. The number of aliphatic imine (C=N–C) groups is 1. The number of benzene rings is 1. The van der Waals surface area contributed by atoms with E-state index in [0.717, 1.165) is 28.6 Å². The van der Waals surface area contributed by atoms with E-state index in [0.29, 0.717) is 16.8 Å². The van der Waals surface area contributed by atoms with Crippen molar-refractivity contribution < 1.29 is 4.74 Å². The highest BCUT2D eigenvalue weighted by Gasteiger charge is 2.45. The summed E-state index contributed by atoms with van der Waals surface area (Å²) in [4.78, 5) is 12.0. The predicted octanol–water partition coefficient (Wildman–Crippen LogP) is 4.72. The average molecular weight is 374 g/mol. The van der Waals surface area contributed by atoms with E-state index in [4.69, 9.17) is 21.3 Å². The topological polar surface area (TPSA) is 37.7 Å². The van der Waals surface area contributed by atoms with Gasteiger partial charge in [0.1, 0.15) is 11.8 Å². The van der Waals surface area contributed by atoms with Gasteiger partial charge in [-0.1, -0.05) is 42.4 Å². The monoisotopic (exact) mass is 373 g/mol. The molecule has 2 aromatic rings. The van der Waals surface area contributed by atoms with Gasteiger partial charge in [-0.2, -0.15) is 0 Å². The number of amidine groups is 1. The summed E-state index contributed by atoms with van der Waals surface area (Å²) in [6, 6.07) is 12.7. The van der Waals surface area contributed by atoms with Crippen molar-refractivity contribution in [3.8, 4) is 5.75 Å². The molecule has 2 aliphatic rings. The van der Waals surface area contributed by atoms with Gasteiger partial charge in [0.25, 0.3) is 0 Å². The normalized spacial score (nSPS) is 25.0. The summed E-state index contributed by atoms with van der Waals surface area (Å²) in [6.45, 7) is 2.24. The second-order valence-electron chi connectivity index (χ2n) is 6.23. The summed E-state index contributed by atoms with van der Waals surface area (Å²) in [5, 5.41) is 1.76. The maximum Gasteiger partial charge on any atom is 0.160 e. The highest BCUT2D eigenvalue weighted by atomic mass is 35.5. The van der Waals surface area contributed by atoms with Gasteiger partial charge in [-0.25, -0.2) is 0 Å². The molecule has 0 N–H and O–H groups in total. The van der Waals surface area contributed by atoms with Crippen LogP contribution in [0.2, 0.25) is 5.02 Å². The highest BCUT2D eigenvalue weighted by molar-refractivity contribution is 8.14. The summed E-state index contributed by atoms with van der Waals surface area (Å²) >= 11 is 8.26. The molecule has 4 rings (SSSR count). The zero-order valence-electron chi connectivity index (χ0n) is 14.2. The number of hydrogen-bond acceptors (Lipinski definition) is 5. The quantitative estimate of drug-likeness (QED) is 0.776. The highest BCUT2D eigenvalue weighted by Crippen LogP contribution is 2.49. The summed E-state index contributed by atoms with van der Waals surface area (Å²) in [5.41, 5.74) is 2.15. The first-order valence-electron chi connectivity index (χ1n) is 8.46. The van der Waals surface area contributed by atoms with Gasteiger partial charge in [0.05, 0.1) is 23.9 Å². The Bertz CT molecular complexity index is 799. The first-order valence-corrected chi connectivity index (χ1v) is 9.82. The molecule has 1 aromatic carbocycles. The molecule has 4 nitrogen and oxygen atoms in total. The smallest absolute Gasteiger partial charge is 0.160 e. The van der Waals surface area contributed by atoms with Crippen LogP contribution in [-0.2, 0) is 0 Å². The van der Waals surface area contributed by atoms with E-state index < -0.39 is 0 Å². The van der Waals surface area contributed by atoms with Crippen molar-refractivity contribution in [2.45, 2.75) is 31.5 Å². The van der Waals surface area contributed by atoms with Gasteiger partial charge >= 0.3 is 0 Å². The number of thioether (sulfide) groups is 1. The van der Waals surface area contributed by atoms with E-state index >= 15 is 0 Å². The molecule has 0 bridgehead atoms. The maximum atomic E-state index is 6.41. The molecule has 1 fully saturated rings. The Labute approximate surface area is 157 Å². The van der Waals surface area contributed by atoms with Gasteiger partial charge < -0.3 is 9.64 Å². The van der Waals surface area contributed by atoms with Crippen molar-refractivity contribution in [3.63, 3.8) is 0 Å². The molecule has 3 atom stereocenters. The van der Waals surface area contributed by atoms with Crippen LogP contribution in [0.5, 0.6) is 5.75 Å². The van der Waals surface area contributed by atoms with E-state index in [9.17, 15) is 0 Å². The fourth-order valence-corrected chi connectivity index (χ4v) is 5.18. The number of ether oxygens (including phenoxy) is 1. The molecule has 0 spiro atoms. The number of fused-ring (bicyclic) bond motifs is 1. The second kappa shape index (κ2) is 6.89. The number of nitrogens with zero attached hydrogens (tertiary/aromatic N) is 3. The minimum Gasteiger partial charge on any atom is -0.495 e. The molecule has 0 amide bonds. The Balaban J connectivity index is 1.79. The van der Waals surface area contributed by atoms with E-state index in [2.05, 4.69) is 28.9 Å². The number of methoxy groups -OCH3 is 1. The van der Waals surface area contributed by atoms with Crippen LogP contribution in [0.25, 0.3) is 0 Å². The molecule has 1 aromatic heterocycles. The first-order chi connectivity index (χ1) is 12.2. The van der Waals surface area contributed by atoms with Crippen molar-refractivity contribution in [2.75, 3.05) is 12.9 Å². The lowest BCUT2D eigenvalue weighted by molar-refractivity contribution is 0.255. The molecular weight excluding hydrogens is 354 g/mol. The van der Waals surface area contributed by atoms with Crippen LogP contribution in [0.3, 0.4) is 0 Å². The van der Waals surface area contributed by atoms with Gasteiger partial charge in [0, 0.05) is 18.0 Å². The van der Waals surface area contributed by atoms with E-state index in [-0.39, 0.29) is 12.1 Å². The zero-order chi connectivity index (χ0) is 17.4. The molecular formula is C19H20ClN3OS. The van der Waals surface area contributed by atoms with Crippen molar-refractivity contribution in [1.29, 1.82) is 0 Å². The standard InChI is InChI=1S/C19H20ClN3OS/c1-3-13-11-25-19-22-17(15-6-4-5-9-21-15)18(23(13)19)12-7-8-16(24-2)14(20)10-12/h4-10,13,17-18H,3,11H2,1-2H3. The van der Waals surface area contributed by atoms with E-state index in [1.165, 1.54) is 0 Å². The Kier molecular flexibility index (Phi) is 4.61. The van der Waals surface area contributed by atoms with Crippen LogP contribution in [0.15, 0.2) is 47.6 Å². The summed E-state index contributed by atoms with van der Waals surface area (Å²) in [6.07, 6.45) is 2.93. The molecule has 3 unspecified atom stereocenters. The minimum absolute atomic E-state index is 0.0116. The van der Waals surface area contributed by atoms with Gasteiger partial charge in [-0.05, 0) is 36.2 Å². The lowest BCUT2D eigenvalue weighted by Crippen LogP contribution is -2.35. The van der Waals surface area contributed by atoms with Gasteiger partial charge in [-0.3, -0.25) is 9.98 Å². The molecule has 0 aliphatic carbocycles. The number of aromatic nitrogens is 1. The molecule has 0 radical (unpaired) electrons. The molecule has 25 heavy (non-hydrogen) atoms. The van der Waals surface area contributed by atoms with Gasteiger partial charge in [0.2, 0.25) is 0 Å². The lowest BCUT2D eigenvalue weighted by Gasteiger charge is -2.32. The van der Waals surface area contributed by atoms with Crippen LogP contribution >= 0.6 is 23.4 Å². The zero-order valence-corrected chi connectivity index (χ0v) is 15.8. The van der Waals surface area contributed by atoms with Gasteiger partial charge in [-0.15, -0.1) is 0 Å². The molecule has 3 heterocycles.